The first-order valence-electron chi connectivity index (χ1n) is 2.63. The molecule has 0 amide bonds. The standard InChI is InChI=1S/C4H7ClN2O4/c5-7-6-2(4(10)11)1-3(8)9/h2,6-7H,1H2,(H,8,9)(H,10,11)/t2-/m0/s1. The zero-order valence-electron chi connectivity index (χ0n) is 5.37. The molecule has 0 saturated carbocycles. The second kappa shape index (κ2) is 4.89. The maximum Gasteiger partial charge on any atom is 0.322 e. The molecule has 64 valence electrons. The quantitative estimate of drug-likeness (QED) is 0.327. The van der Waals surface area contributed by atoms with Gasteiger partial charge in [-0.1, -0.05) is 0 Å². The smallest absolute Gasteiger partial charge is 0.322 e. The third-order valence-corrected chi connectivity index (χ3v) is 1.01. The summed E-state index contributed by atoms with van der Waals surface area (Å²) in [5, 5.41) is 16.5. The van der Waals surface area contributed by atoms with Gasteiger partial charge in [0.1, 0.15) is 6.04 Å². The number of carboxylic acids is 2. The molecule has 0 aromatic heterocycles. The van der Waals surface area contributed by atoms with Crippen LogP contribution in [0.3, 0.4) is 0 Å². The summed E-state index contributed by atoms with van der Waals surface area (Å²) in [6, 6.07) is -1.22. The summed E-state index contributed by atoms with van der Waals surface area (Å²) in [7, 11) is 0. The van der Waals surface area contributed by atoms with Crippen molar-refractivity contribution in [3.63, 3.8) is 0 Å². The first-order valence-corrected chi connectivity index (χ1v) is 3.01. The van der Waals surface area contributed by atoms with Crippen LogP contribution in [0.25, 0.3) is 0 Å². The Morgan fingerprint density at radius 2 is 2.00 bits per heavy atom. The van der Waals surface area contributed by atoms with Crippen molar-refractivity contribution in [2.75, 3.05) is 0 Å². The number of aliphatic carboxylic acids is 2. The molecule has 4 N–H and O–H groups in total. The van der Waals surface area contributed by atoms with E-state index in [-0.39, 0.29) is 0 Å². The van der Waals surface area contributed by atoms with Crippen LogP contribution < -0.4 is 10.4 Å². The summed E-state index contributed by atoms with van der Waals surface area (Å²) < 4.78 is 0. The molecular weight excluding hydrogens is 176 g/mol. The van der Waals surface area contributed by atoms with Crippen LogP contribution in [-0.4, -0.2) is 28.2 Å². The van der Waals surface area contributed by atoms with Crippen LogP contribution in [0.1, 0.15) is 6.42 Å². The highest BCUT2D eigenvalue weighted by atomic mass is 35.5. The highest BCUT2D eigenvalue weighted by Gasteiger charge is 2.19. The third-order valence-electron chi connectivity index (χ3n) is 0.906. The number of hydrogen-bond donors (Lipinski definition) is 4. The molecule has 0 radical (unpaired) electrons. The molecule has 0 aliphatic rings. The summed E-state index contributed by atoms with van der Waals surface area (Å²) in [4.78, 5) is 22.0. The van der Waals surface area contributed by atoms with Crippen LogP contribution >= 0.6 is 11.8 Å². The molecule has 0 aliphatic carbocycles. The Bertz CT molecular complexity index is 162. The van der Waals surface area contributed by atoms with Gasteiger partial charge in [0.15, 0.2) is 0 Å². The molecule has 0 saturated heterocycles. The van der Waals surface area contributed by atoms with Gasteiger partial charge in [0.25, 0.3) is 0 Å². The number of carboxylic acid groups (broad SMARTS) is 2. The maximum absolute atomic E-state index is 10.2. The topological polar surface area (TPSA) is 98.7 Å². The molecule has 0 unspecified atom stereocenters. The van der Waals surface area contributed by atoms with Crippen molar-refractivity contribution in [3.8, 4) is 0 Å². The van der Waals surface area contributed by atoms with E-state index in [0.29, 0.717) is 0 Å². The van der Waals surface area contributed by atoms with Crippen LogP contribution in [0, 0.1) is 0 Å². The summed E-state index contributed by atoms with van der Waals surface area (Å²) in [5.74, 6) is -2.49. The number of carbonyl (C=O) groups is 2. The molecule has 6 nitrogen and oxygen atoms in total. The maximum atomic E-state index is 10.2. The average molecular weight is 183 g/mol. The van der Waals surface area contributed by atoms with E-state index in [1.54, 1.807) is 0 Å². The number of rotatable bonds is 5. The van der Waals surface area contributed by atoms with Crippen LogP contribution in [0.5, 0.6) is 0 Å². The van der Waals surface area contributed by atoms with E-state index < -0.39 is 24.4 Å². The second-order valence-electron chi connectivity index (χ2n) is 1.73. The number of hydrogen-bond acceptors (Lipinski definition) is 4. The summed E-state index contributed by atoms with van der Waals surface area (Å²) in [5.41, 5.74) is 2.05. The fourth-order valence-corrected chi connectivity index (χ4v) is 0.572. The van der Waals surface area contributed by atoms with Gasteiger partial charge in [0, 0.05) is 0 Å². The van der Waals surface area contributed by atoms with Crippen LogP contribution in [0.15, 0.2) is 0 Å². The van der Waals surface area contributed by atoms with Gasteiger partial charge < -0.3 is 10.2 Å². The average Bonchev–Trinajstić information content (AvgIpc) is 1.86. The molecular formula is C4H7ClN2O4. The Hall–Kier alpha value is -0.850. The lowest BCUT2D eigenvalue weighted by Crippen LogP contribution is -2.42. The van der Waals surface area contributed by atoms with Crippen LogP contribution in [0.2, 0.25) is 0 Å². The summed E-state index contributed by atoms with van der Waals surface area (Å²) >= 11 is 4.91. The summed E-state index contributed by atoms with van der Waals surface area (Å²) in [6.45, 7) is 0. The minimum absolute atomic E-state index is 0.533. The van der Waals surface area contributed by atoms with E-state index in [1.165, 1.54) is 0 Å². The zero-order chi connectivity index (χ0) is 8.85. The minimum Gasteiger partial charge on any atom is -0.481 e. The van der Waals surface area contributed by atoms with E-state index in [1.807, 2.05) is 10.4 Å². The van der Waals surface area contributed by atoms with E-state index >= 15 is 0 Å². The van der Waals surface area contributed by atoms with Crippen molar-refractivity contribution >= 4 is 23.7 Å². The van der Waals surface area contributed by atoms with Gasteiger partial charge in [0.05, 0.1) is 6.42 Å². The molecule has 7 heteroatoms. The first-order chi connectivity index (χ1) is 5.07. The Kier molecular flexibility index (Phi) is 4.51. The van der Waals surface area contributed by atoms with Gasteiger partial charge in [-0.15, -0.1) is 0 Å². The lowest BCUT2D eigenvalue weighted by molar-refractivity contribution is -0.146. The van der Waals surface area contributed by atoms with Crippen molar-refractivity contribution in [2.45, 2.75) is 12.5 Å². The fourth-order valence-electron chi connectivity index (χ4n) is 0.441. The number of hydrazine groups is 1. The molecule has 0 aromatic carbocycles. The summed E-state index contributed by atoms with van der Waals surface area (Å²) in [6.07, 6.45) is -0.533. The number of halogens is 1. The molecule has 0 spiro atoms. The van der Waals surface area contributed by atoms with Gasteiger partial charge in [-0.25, -0.2) is 5.43 Å². The predicted octanol–water partition coefficient (Wildman–Crippen LogP) is -0.838. The van der Waals surface area contributed by atoms with Crippen molar-refractivity contribution in [2.24, 2.45) is 0 Å². The van der Waals surface area contributed by atoms with Gasteiger partial charge in [0.2, 0.25) is 0 Å². The van der Waals surface area contributed by atoms with Gasteiger partial charge in [-0.05, 0) is 11.8 Å². The van der Waals surface area contributed by atoms with Crippen LogP contribution in [0.4, 0.5) is 0 Å². The van der Waals surface area contributed by atoms with E-state index in [2.05, 4.69) is 0 Å². The fraction of sp³-hybridized carbons (Fsp3) is 0.500. The highest BCUT2D eigenvalue weighted by molar-refractivity contribution is 6.13. The minimum atomic E-state index is -1.28. The Morgan fingerprint density at radius 1 is 1.45 bits per heavy atom. The largest absolute Gasteiger partial charge is 0.481 e. The molecule has 0 fully saturated rings. The molecule has 0 heterocycles. The molecule has 0 aliphatic heterocycles. The van der Waals surface area contributed by atoms with Crippen molar-refractivity contribution in [1.29, 1.82) is 0 Å². The van der Waals surface area contributed by atoms with Gasteiger partial charge in [-0.2, -0.15) is 4.94 Å². The van der Waals surface area contributed by atoms with E-state index in [9.17, 15) is 9.59 Å². The van der Waals surface area contributed by atoms with Crippen molar-refractivity contribution in [1.82, 2.24) is 10.4 Å². The highest BCUT2D eigenvalue weighted by Crippen LogP contribution is 1.90. The van der Waals surface area contributed by atoms with Crippen molar-refractivity contribution in [3.05, 3.63) is 0 Å². The molecule has 1 atom stereocenters. The second-order valence-corrected chi connectivity index (χ2v) is 1.92. The lowest BCUT2D eigenvalue weighted by atomic mass is 10.2. The first kappa shape index (κ1) is 10.2. The van der Waals surface area contributed by atoms with Crippen molar-refractivity contribution < 1.29 is 19.8 Å². The van der Waals surface area contributed by atoms with E-state index in [0.717, 1.165) is 0 Å². The number of nitrogens with one attached hydrogen (secondary N) is 2. The Morgan fingerprint density at radius 3 is 2.27 bits per heavy atom. The normalized spacial score (nSPS) is 12.5. The molecule has 11 heavy (non-hydrogen) atoms. The monoisotopic (exact) mass is 182 g/mol. The van der Waals surface area contributed by atoms with Gasteiger partial charge in [-0.3, -0.25) is 9.59 Å². The zero-order valence-corrected chi connectivity index (χ0v) is 6.13. The van der Waals surface area contributed by atoms with Crippen LogP contribution in [-0.2, 0) is 9.59 Å². The Balaban J connectivity index is 3.89. The molecule has 0 bridgehead atoms. The molecule has 0 aromatic rings. The predicted molar refractivity (Wildman–Crippen MR) is 35.8 cm³/mol. The van der Waals surface area contributed by atoms with E-state index in [4.69, 9.17) is 22.0 Å². The Labute approximate surface area is 67.2 Å². The van der Waals surface area contributed by atoms with Gasteiger partial charge >= 0.3 is 11.9 Å². The SMILES string of the molecule is O=C(O)C[C@H](NNCl)C(=O)O. The lowest BCUT2D eigenvalue weighted by Gasteiger charge is -2.08. The third kappa shape index (κ3) is 4.54. The molecule has 0 rings (SSSR count).